The van der Waals surface area contributed by atoms with Crippen molar-refractivity contribution < 1.29 is 33.7 Å². The Balaban J connectivity index is 1.74. The summed E-state index contributed by atoms with van der Waals surface area (Å²) in [6, 6.07) is 8.65. The molecule has 0 unspecified atom stereocenters. The smallest absolute Gasteiger partial charge is 0.338 e. The number of fused-ring (bicyclic) bond motifs is 1. The van der Waals surface area contributed by atoms with E-state index in [-0.39, 0.29) is 30.8 Å². The van der Waals surface area contributed by atoms with Gasteiger partial charge in [-0.2, -0.15) is 0 Å². The molecule has 1 aliphatic heterocycles. The Kier molecular flexibility index (Phi) is 5.16. The summed E-state index contributed by atoms with van der Waals surface area (Å²) < 4.78 is 17.0. The van der Waals surface area contributed by atoms with Crippen LogP contribution < -0.4 is 0 Å². The molecule has 4 rings (SSSR count). The first-order valence-electron chi connectivity index (χ1n) is 10.9. The molecule has 3 fully saturated rings. The lowest BCUT2D eigenvalue weighted by atomic mass is 9.46. The summed E-state index contributed by atoms with van der Waals surface area (Å²) in [6.45, 7) is 6.96. The van der Waals surface area contributed by atoms with Gasteiger partial charge in [-0.1, -0.05) is 39.0 Å². The Morgan fingerprint density at radius 1 is 1.23 bits per heavy atom. The highest BCUT2D eigenvalue weighted by atomic mass is 16.6. The number of carbonyl (C=O) groups excluding carboxylic acids is 3. The van der Waals surface area contributed by atoms with E-state index in [1.54, 1.807) is 24.3 Å². The van der Waals surface area contributed by atoms with Crippen molar-refractivity contribution in [1.82, 2.24) is 0 Å². The molecule has 1 N–H and O–H groups in total. The van der Waals surface area contributed by atoms with Crippen LogP contribution >= 0.6 is 0 Å². The summed E-state index contributed by atoms with van der Waals surface area (Å²) in [5.74, 6) is -1.72. The molecule has 7 nitrogen and oxygen atoms in total. The van der Waals surface area contributed by atoms with Crippen molar-refractivity contribution in [3.05, 3.63) is 35.9 Å². The molecule has 1 spiro atoms. The predicted molar refractivity (Wildman–Crippen MR) is 110 cm³/mol. The Hall–Kier alpha value is -2.41. The number of aliphatic hydroxyl groups is 1. The highest BCUT2D eigenvalue weighted by Crippen LogP contribution is 2.69. The summed E-state index contributed by atoms with van der Waals surface area (Å²) >= 11 is 0. The van der Waals surface area contributed by atoms with Gasteiger partial charge in [0.05, 0.1) is 12.0 Å². The summed E-state index contributed by atoms with van der Waals surface area (Å²) in [5.41, 5.74) is -2.93. The van der Waals surface area contributed by atoms with Crippen LogP contribution in [0.5, 0.6) is 0 Å². The third kappa shape index (κ3) is 3.00. The van der Waals surface area contributed by atoms with Crippen LogP contribution in [-0.4, -0.2) is 47.4 Å². The number of ether oxygens (including phenoxy) is 3. The molecule has 7 atom stereocenters. The van der Waals surface area contributed by atoms with Gasteiger partial charge in [0.2, 0.25) is 0 Å². The molecule has 0 amide bonds. The number of benzene rings is 1. The largest absolute Gasteiger partial charge is 0.462 e. The van der Waals surface area contributed by atoms with Crippen molar-refractivity contribution >= 4 is 17.9 Å². The van der Waals surface area contributed by atoms with Crippen LogP contribution in [0.1, 0.15) is 57.3 Å². The molecule has 2 aliphatic carbocycles. The van der Waals surface area contributed by atoms with Crippen LogP contribution in [0.25, 0.3) is 0 Å². The molecule has 168 valence electrons. The monoisotopic (exact) mass is 430 g/mol. The van der Waals surface area contributed by atoms with Gasteiger partial charge in [0, 0.05) is 23.7 Å². The number of rotatable bonds is 4. The summed E-state index contributed by atoms with van der Waals surface area (Å²) in [7, 11) is 0. The van der Waals surface area contributed by atoms with E-state index in [0.29, 0.717) is 18.4 Å². The van der Waals surface area contributed by atoms with E-state index in [1.807, 2.05) is 26.8 Å². The van der Waals surface area contributed by atoms with E-state index in [4.69, 9.17) is 14.2 Å². The topological polar surface area (TPSA) is 99.1 Å². The lowest BCUT2D eigenvalue weighted by Crippen LogP contribution is -2.73. The molecule has 1 saturated heterocycles. The van der Waals surface area contributed by atoms with Gasteiger partial charge < -0.3 is 19.3 Å². The van der Waals surface area contributed by atoms with E-state index in [2.05, 4.69) is 0 Å². The minimum atomic E-state index is -1.54. The van der Waals surface area contributed by atoms with Crippen molar-refractivity contribution in [3.8, 4) is 0 Å². The van der Waals surface area contributed by atoms with Gasteiger partial charge in [0.1, 0.15) is 24.4 Å². The van der Waals surface area contributed by atoms with Crippen LogP contribution in [-0.2, 0) is 23.8 Å². The van der Waals surface area contributed by atoms with Gasteiger partial charge in [0.15, 0.2) is 0 Å². The van der Waals surface area contributed by atoms with Crippen molar-refractivity contribution in [3.63, 3.8) is 0 Å². The highest BCUT2D eigenvalue weighted by Gasteiger charge is 2.78. The van der Waals surface area contributed by atoms with Gasteiger partial charge >= 0.3 is 17.9 Å². The second-order valence-corrected chi connectivity index (χ2v) is 9.71. The minimum absolute atomic E-state index is 0.0495. The third-order valence-corrected chi connectivity index (χ3v) is 8.30. The molecule has 0 radical (unpaired) electrons. The maximum atomic E-state index is 12.7. The lowest BCUT2D eigenvalue weighted by Gasteiger charge is -2.64. The van der Waals surface area contributed by atoms with Crippen molar-refractivity contribution in [2.75, 3.05) is 6.61 Å². The van der Waals surface area contributed by atoms with Gasteiger partial charge in [-0.3, -0.25) is 9.59 Å². The van der Waals surface area contributed by atoms with Crippen LogP contribution in [0.4, 0.5) is 0 Å². The standard InChI is InChI=1S/C24H30O7/c1-14-10-19(30-16(3)25)24(28)22(4,13-29-21(27)17-8-6-5-7-9-17)15(2)18-11-23(14,24)12-20(26)31-18/h5-9,14-15,18-19,28H,10-13H2,1-4H3/t14-,15-,18-,19+,22-,23-,24+/m1/s1. The molecule has 1 aromatic rings. The first-order chi connectivity index (χ1) is 14.5. The van der Waals surface area contributed by atoms with E-state index in [0.717, 1.165) is 0 Å². The lowest BCUT2D eigenvalue weighted by molar-refractivity contribution is -0.293. The maximum absolute atomic E-state index is 12.7. The van der Waals surface area contributed by atoms with Crippen molar-refractivity contribution in [2.24, 2.45) is 22.7 Å². The van der Waals surface area contributed by atoms with Gasteiger partial charge in [0.25, 0.3) is 0 Å². The first-order valence-corrected chi connectivity index (χ1v) is 10.9. The Morgan fingerprint density at radius 3 is 2.55 bits per heavy atom. The molecule has 7 heteroatoms. The van der Waals surface area contributed by atoms with Crippen molar-refractivity contribution in [2.45, 2.75) is 64.8 Å². The maximum Gasteiger partial charge on any atom is 0.338 e. The predicted octanol–water partition coefficient (Wildman–Crippen LogP) is 2.89. The Bertz CT molecular complexity index is 898. The quantitative estimate of drug-likeness (QED) is 0.579. The number of carbonyl (C=O) groups is 3. The van der Waals surface area contributed by atoms with E-state index in [9.17, 15) is 19.5 Å². The van der Waals surface area contributed by atoms with Gasteiger partial charge in [-0.25, -0.2) is 4.79 Å². The van der Waals surface area contributed by atoms with E-state index < -0.39 is 40.6 Å². The molecular formula is C24H30O7. The van der Waals surface area contributed by atoms with Crippen LogP contribution in [0.15, 0.2) is 30.3 Å². The molecule has 1 aromatic carbocycles. The zero-order valence-electron chi connectivity index (χ0n) is 18.4. The SMILES string of the molecule is CC(=O)O[C@H]1C[C@@H](C)[C@]23CC(=O)O[C@H](C2)[C@@H](C)[C@@](C)(COC(=O)c2ccccc2)[C@@]13O. The van der Waals surface area contributed by atoms with Crippen LogP contribution in [0, 0.1) is 22.7 Å². The fourth-order valence-corrected chi connectivity index (χ4v) is 6.44. The normalized spacial score (nSPS) is 41.1. The van der Waals surface area contributed by atoms with Crippen LogP contribution in [0.3, 0.4) is 0 Å². The number of hydrogen-bond donors (Lipinski definition) is 1. The first kappa shape index (κ1) is 21.8. The Morgan fingerprint density at radius 2 is 1.90 bits per heavy atom. The molecule has 2 saturated carbocycles. The second kappa shape index (κ2) is 7.33. The minimum Gasteiger partial charge on any atom is -0.462 e. The Labute approximate surface area is 182 Å². The number of esters is 3. The van der Waals surface area contributed by atoms with Crippen molar-refractivity contribution in [1.29, 1.82) is 0 Å². The molecule has 0 aromatic heterocycles. The van der Waals surface area contributed by atoms with E-state index >= 15 is 0 Å². The molecule has 31 heavy (non-hydrogen) atoms. The fourth-order valence-electron chi connectivity index (χ4n) is 6.44. The fraction of sp³-hybridized carbons (Fsp3) is 0.625. The average Bonchev–Trinajstić information content (AvgIpc) is 2.92. The third-order valence-electron chi connectivity index (χ3n) is 8.30. The zero-order chi connectivity index (χ0) is 22.6. The van der Waals surface area contributed by atoms with Crippen LogP contribution in [0.2, 0.25) is 0 Å². The average molecular weight is 430 g/mol. The molecule has 1 heterocycles. The molecular weight excluding hydrogens is 400 g/mol. The molecule has 2 bridgehead atoms. The summed E-state index contributed by atoms with van der Waals surface area (Å²) in [6.07, 6.45) is -0.216. The van der Waals surface area contributed by atoms with Gasteiger partial charge in [-0.15, -0.1) is 0 Å². The highest BCUT2D eigenvalue weighted by molar-refractivity contribution is 5.89. The summed E-state index contributed by atoms with van der Waals surface area (Å²) in [4.78, 5) is 37.1. The number of hydrogen-bond acceptors (Lipinski definition) is 7. The zero-order valence-corrected chi connectivity index (χ0v) is 18.4. The van der Waals surface area contributed by atoms with Gasteiger partial charge in [-0.05, 0) is 30.9 Å². The van der Waals surface area contributed by atoms with E-state index in [1.165, 1.54) is 6.92 Å². The second-order valence-electron chi connectivity index (χ2n) is 9.71. The summed E-state index contributed by atoms with van der Waals surface area (Å²) in [5, 5.41) is 12.4. The molecule has 3 aliphatic rings.